The number of hydrogen-bond donors (Lipinski definition) is 2. The van der Waals surface area contributed by atoms with E-state index in [1.54, 1.807) is 13.0 Å². The number of carbonyl (C=O) groups is 3. The summed E-state index contributed by atoms with van der Waals surface area (Å²) in [6.07, 6.45) is -2.09. The van der Waals surface area contributed by atoms with Crippen molar-refractivity contribution < 1.29 is 43.5 Å². The number of ketones is 1. The van der Waals surface area contributed by atoms with E-state index in [0.29, 0.717) is 12.8 Å². The molecule has 1 spiro atoms. The molecule has 11 atom stereocenters. The van der Waals surface area contributed by atoms with Gasteiger partial charge in [0, 0.05) is 24.4 Å². The fraction of sp³-hybridized carbons (Fsp3) is 0.731. The number of rotatable bonds is 4. The summed E-state index contributed by atoms with van der Waals surface area (Å²) in [7, 11) is 1.45. The lowest BCUT2D eigenvalue weighted by molar-refractivity contribution is -0.312. The fourth-order valence-electron chi connectivity index (χ4n) is 8.06. The van der Waals surface area contributed by atoms with E-state index in [9.17, 15) is 24.6 Å². The summed E-state index contributed by atoms with van der Waals surface area (Å²) in [5.74, 6) is -6.02. The van der Waals surface area contributed by atoms with Crippen LogP contribution in [0.5, 0.6) is 0 Å². The zero-order valence-corrected chi connectivity index (χ0v) is 20.8. The number of ether oxygens (including phenoxy) is 4. The van der Waals surface area contributed by atoms with Gasteiger partial charge >= 0.3 is 11.9 Å². The number of esters is 2. The highest BCUT2D eigenvalue weighted by Crippen LogP contribution is 2.73. The minimum atomic E-state index is -2.08. The summed E-state index contributed by atoms with van der Waals surface area (Å²) < 4.78 is 23.4. The van der Waals surface area contributed by atoms with Crippen molar-refractivity contribution in [3.63, 3.8) is 0 Å². The van der Waals surface area contributed by atoms with Crippen molar-refractivity contribution in [1.29, 1.82) is 0 Å². The van der Waals surface area contributed by atoms with Gasteiger partial charge in [0.05, 0.1) is 17.9 Å². The van der Waals surface area contributed by atoms with Crippen molar-refractivity contribution in [1.82, 2.24) is 0 Å². The summed E-state index contributed by atoms with van der Waals surface area (Å²) in [6, 6.07) is 0. The lowest BCUT2D eigenvalue weighted by Gasteiger charge is -2.67. The molecule has 0 radical (unpaired) electrons. The molecule has 0 aromatic heterocycles. The highest BCUT2D eigenvalue weighted by molar-refractivity contribution is 5.96. The van der Waals surface area contributed by atoms with Gasteiger partial charge in [-0.15, -0.1) is 0 Å². The van der Waals surface area contributed by atoms with Crippen molar-refractivity contribution in [2.45, 2.75) is 70.7 Å². The molecule has 0 aromatic carbocycles. The van der Waals surface area contributed by atoms with Gasteiger partial charge < -0.3 is 29.2 Å². The number of allylic oxidation sites excluding steroid dienone is 1. The van der Waals surface area contributed by atoms with Crippen molar-refractivity contribution in [3.05, 3.63) is 23.8 Å². The molecule has 2 bridgehead atoms. The first-order valence-electron chi connectivity index (χ1n) is 12.3. The van der Waals surface area contributed by atoms with Gasteiger partial charge in [-0.2, -0.15) is 0 Å². The predicted molar refractivity (Wildman–Crippen MR) is 120 cm³/mol. The van der Waals surface area contributed by atoms with E-state index in [4.69, 9.17) is 18.9 Å². The average molecular weight is 491 g/mol. The number of methoxy groups -OCH3 is 1. The van der Waals surface area contributed by atoms with Crippen molar-refractivity contribution in [2.24, 2.45) is 34.5 Å². The zero-order chi connectivity index (χ0) is 25.7. The minimum Gasteiger partial charge on any atom is -0.459 e. The Morgan fingerprint density at radius 2 is 2.06 bits per heavy atom. The topological polar surface area (TPSA) is 129 Å². The Bertz CT molecular complexity index is 1030. The van der Waals surface area contributed by atoms with Gasteiger partial charge in [-0.05, 0) is 37.3 Å². The van der Waals surface area contributed by atoms with Crippen LogP contribution < -0.4 is 0 Å². The first-order valence-corrected chi connectivity index (χ1v) is 12.3. The van der Waals surface area contributed by atoms with E-state index in [1.165, 1.54) is 7.11 Å². The average Bonchev–Trinajstić information content (AvgIpc) is 3.09. The standard InChI is InChI=1S/C26H34O9/c1-7-11(2)21(29)35-18-17-13(4)19(28)26(31)23-24(5)14(12(3)8-15(27)20(24)32-6)9-16(34-22(18)30)25(17,23)10-33-26/h8,11,14,16-20,23,28,31H,4,7,9-10H2,1-3,5-6H3. The summed E-state index contributed by atoms with van der Waals surface area (Å²) in [5, 5.41) is 23.2. The molecule has 35 heavy (non-hydrogen) atoms. The molecule has 2 heterocycles. The third kappa shape index (κ3) is 2.81. The molecular weight excluding hydrogens is 456 g/mol. The number of carbonyl (C=O) groups excluding carboxylic acids is 3. The van der Waals surface area contributed by atoms with Gasteiger partial charge in [0.25, 0.3) is 0 Å². The van der Waals surface area contributed by atoms with E-state index in [-0.39, 0.29) is 23.9 Å². The summed E-state index contributed by atoms with van der Waals surface area (Å²) in [5.41, 5.74) is -1.11. The summed E-state index contributed by atoms with van der Waals surface area (Å²) in [4.78, 5) is 39.1. The molecule has 2 N–H and O–H groups in total. The lowest BCUT2D eigenvalue weighted by Crippen LogP contribution is -2.76. The van der Waals surface area contributed by atoms with Crippen molar-refractivity contribution in [2.75, 3.05) is 13.7 Å². The molecule has 5 aliphatic rings. The third-order valence-electron chi connectivity index (χ3n) is 9.68. The number of fused-ring (bicyclic) bond motifs is 1. The van der Waals surface area contributed by atoms with Crippen LogP contribution in [0.3, 0.4) is 0 Å². The normalized spacial score (nSPS) is 48.9. The second kappa shape index (κ2) is 7.71. The molecule has 11 unspecified atom stereocenters. The van der Waals surface area contributed by atoms with Crippen LogP contribution >= 0.6 is 0 Å². The molecule has 2 aliphatic heterocycles. The largest absolute Gasteiger partial charge is 0.459 e. The third-order valence-corrected chi connectivity index (χ3v) is 9.68. The van der Waals surface area contributed by atoms with Crippen LogP contribution in [0.15, 0.2) is 23.8 Å². The second-order valence-corrected chi connectivity index (χ2v) is 11.2. The first kappa shape index (κ1) is 24.6. The van der Waals surface area contributed by atoms with Gasteiger partial charge in [-0.1, -0.05) is 32.9 Å². The predicted octanol–water partition coefficient (Wildman–Crippen LogP) is 1.31. The van der Waals surface area contributed by atoms with Gasteiger partial charge in [-0.3, -0.25) is 9.59 Å². The van der Waals surface area contributed by atoms with Gasteiger partial charge in [-0.25, -0.2) is 4.79 Å². The molecular formula is C26H34O9. The number of aliphatic hydroxyl groups excluding tert-OH is 1. The molecule has 0 amide bonds. The molecule has 0 aromatic rings. The van der Waals surface area contributed by atoms with Gasteiger partial charge in [0.2, 0.25) is 6.10 Å². The Kier molecular flexibility index (Phi) is 5.43. The summed E-state index contributed by atoms with van der Waals surface area (Å²) in [6.45, 7) is 11.2. The fourth-order valence-corrected chi connectivity index (χ4v) is 8.06. The van der Waals surface area contributed by atoms with Crippen LogP contribution in [0.1, 0.15) is 40.5 Å². The van der Waals surface area contributed by atoms with Crippen molar-refractivity contribution >= 4 is 17.7 Å². The Morgan fingerprint density at radius 3 is 2.69 bits per heavy atom. The zero-order valence-electron chi connectivity index (χ0n) is 20.8. The van der Waals surface area contributed by atoms with E-state index >= 15 is 0 Å². The Hall–Kier alpha value is -2.07. The van der Waals surface area contributed by atoms with Crippen LogP contribution in [0.2, 0.25) is 0 Å². The van der Waals surface area contributed by atoms with Crippen LogP contribution in [0.25, 0.3) is 0 Å². The van der Waals surface area contributed by atoms with E-state index in [0.717, 1.165) is 5.57 Å². The maximum atomic E-state index is 13.3. The smallest absolute Gasteiger partial charge is 0.348 e. The molecule has 9 heteroatoms. The second-order valence-electron chi connectivity index (χ2n) is 11.2. The molecule has 192 valence electrons. The Labute approximate surface area is 204 Å². The monoisotopic (exact) mass is 490 g/mol. The SMILES string of the molecule is C=C1C(O)C2(O)OCC34C(CC5C(C)=CC(=O)C(OC)C5(C)C23)OC(=O)C(OC(=O)C(C)CC)C14. The number of aliphatic hydroxyl groups is 2. The Morgan fingerprint density at radius 1 is 1.37 bits per heavy atom. The molecule has 9 nitrogen and oxygen atoms in total. The summed E-state index contributed by atoms with van der Waals surface area (Å²) >= 11 is 0. The maximum Gasteiger partial charge on any atom is 0.348 e. The highest BCUT2D eigenvalue weighted by Gasteiger charge is 2.83. The van der Waals surface area contributed by atoms with Crippen molar-refractivity contribution in [3.8, 4) is 0 Å². The first-order chi connectivity index (χ1) is 16.4. The maximum absolute atomic E-state index is 13.3. The molecule has 2 saturated carbocycles. The molecule has 5 rings (SSSR count). The van der Waals surface area contributed by atoms with Crippen LogP contribution in [0.4, 0.5) is 0 Å². The van der Waals surface area contributed by atoms with Gasteiger partial charge in [0.1, 0.15) is 18.3 Å². The lowest BCUT2D eigenvalue weighted by atomic mass is 9.38. The quantitative estimate of drug-likeness (QED) is 0.443. The van der Waals surface area contributed by atoms with Crippen LogP contribution in [-0.4, -0.2) is 71.9 Å². The highest BCUT2D eigenvalue weighted by atomic mass is 16.7. The Balaban J connectivity index is 1.71. The van der Waals surface area contributed by atoms with E-state index in [1.807, 2.05) is 20.8 Å². The molecule has 4 fully saturated rings. The van der Waals surface area contributed by atoms with Crippen LogP contribution in [0, 0.1) is 34.5 Å². The van der Waals surface area contributed by atoms with Crippen LogP contribution in [-0.2, 0) is 33.3 Å². The minimum absolute atomic E-state index is 0.0556. The molecule has 3 aliphatic carbocycles. The molecule has 2 saturated heterocycles. The van der Waals surface area contributed by atoms with E-state index < -0.39 is 70.7 Å². The van der Waals surface area contributed by atoms with E-state index in [2.05, 4.69) is 6.58 Å². The number of hydrogen-bond acceptors (Lipinski definition) is 9. The van der Waals surface area contributed by atoms with Gasteiger partial charge in [0.15, 0.2) is 11.6 Å².